The van der Waals surface area contributed by atoms with Crippen molar-refractivity contribution in [2.24, 2.45) is 0 Å². The molecule has 1 aromatic rings. The van der Waals surface area contributed by atoms with Gasteiger partial charge in [0.15, 0.2) is 0 Å². The van der Waals surface area contributed by atoms with Gasteiger partial charge in [-0.05, 0) is 48.5 Å². The van der Waals surface area contributed by atoms with Crippen molar-refractivity contribution in [3.05, 3.63) is 17.5 Å². The highest BCUT2D eigenvalue weighted by Gasteiger charge is 2.23. The number of amides is 2. The molecule has 0 saturated carbocycles. The van der Waals surface area contributed by atoms with Crippen molar-refractivity contribution in [2.45, 2.75) is 65.6 Å². The number of carbonyl (C=O) groups excluding carboxylic acids is 1. The third-order valence-corrected chi connectivity index (χ3v) is 3.40. The van der Waals surface area contributed by atoms with Crippen LogP contribution in [0.25, 0.3) is 0 Å². The summed E-state index contributed by atoms with van der Waals surface area (Å²) < 4.78 is 7.03. The Morgan fingerprint density at radius 3 is 2.41 bits per heavy atom. The van der Waals surface area contributed by atoms with Gasteiger partial charge in [0.05, 0.1) is 29.4 Å². The van der Waals surface area contributed by atoms with Gasteiger partial charge in [0.1, 0.15) is 0 Å². The number of nitrogens with zero attached hydrogens (tertiary/aromatic N) is 2. The fourth-order valence-corrected chi connectivity index (χ4v) is 2.26. The molecule has 0 aliphatic rings. The summed E-state index contributed by atoms with van der Waals surface area (Å²) in [6, 6.07) is -0.327. The lowest BCUT2D eigenvalue weighted by Crippen LogP contribution is -2.51. The zero-order valence-electron chi connectivity index (χ0n) is 15.1. The van der Waals surface area contributed by atoms with Gasteiger partial charge in [-0.25, -0.2) is 4.79 Å². The Kier molecular flexibility index (Phi) is 5.62. The van der Waals surface area contributed by atoms with E-state index in [2.05, 4.69) is 36.5 Å². The highest BCUT2D eigenvalue weighted by molar-refractivity contribution is 5.75. The Labute approximate surface area is 133 Å². The fraction of sp³-hybridized carbons (Fsp3) is 0.750. The van der Waals surface area contributed by atoms with Crippen molar-refractivity contribution in [2.75, 3.05) is 13.7 Å². The van der Waals surface area contributed by atoms with E-state index in [0.29, 0.717) is 6.61 Å². The largest absolute Gasteiger partial charge is 0.382 e. The van der Waals surface area contributed by atoms with Crippen LogP contribution in [0.4, 0.5) is 4.79 Å². The van der Waals surface area contributed by atoms with Gasteiger partial charge in [0.2, 0.25) is 0 Å². The van der Waals surface area contributed by atoms with Crippen molar-refractivity contribution in [1.29, 1.82) is 0 Å². The smallest absolute Gasteiger partial charge is 0.315 e. The summed E-state index contributed by atoms with van der Waals surface area (Å²) in [5.74, 6) is 0. The molecule has 1 rings (SSSR count). The molecule has 0 radical (unpaired) electrons. The van der Waals surface area contributed by atoms with E-state index in [4.69, 9.17) is 4.74 Å². The maximum Gasteiger partial charge on any atom is 0.315 e. The lowest BCUT2D eigenvalue weighted by Gasteiger charge is -2.26. The van der Waals surface area contributed by atoms with E-state index in [-0.39, 0.29) is 17.6 Å². The minimum absolute atomic E-state index is 0.0779. The van der Waals surface area contributed by atoms with E-state index >= 15 is 0 Å². The monoisotopic (exact) mass is 310 g/mol. The average Bonchev–Trinajstić information content (AvgIpc) is 2.69. The summed E-state index contributed by atoms with van der Waals surface area (Å²) in [4.78, 5) is 12.1. The summed E-state index contributed by atoms with van der Waals surface area (Å²) >= 11 is 0. The number of nitrogens with one attached hydrogen (secondary N) is 2. The maximum absolute atomic E-state index is 12.1. The Balaban J connectivity index is 2.75. The van der Waals surface area contributed by atoms with Gasteiger partial charge < -0.3 is 15.4 Å². The highest BCUT2D eigenvalue weighted by Crippen LogP contribution is 2.21. The molecule has 1 aromatic heterocycles. The van der Waals surface area contributed by atoms with Crippen LogP contribution < -0.4 is 10.6 Å². The van der Waals surface area contributed by atoms with Crippen LogP contribution in [0.3, 0.4) is 0 Å². The van der Waals surface area contributed by atoms with Gasteiger partial charge >= 0.3 is 6.03 Å². The number of rotatable bonds is 5. The standard InChI is InChI=1S/C16H30N4O2/c1-11(17-14(21)18-16(6,7)10-22-8)13-9-20(15(3,4)5)19-12(13)2/h9,11H,10H2,1-8H3,(H2,17,18,21)/t11-/m1/s1. The minimum Gasteiger partial charge on any atom is -0.382 e. The number of aryl methyl sites for hydroxylation is 1. The summed E-state index contributed by atoms with van der Waals surface area (Å²) in [7, 11) is 1.62. The van der Waals surface area contributed by atoms with Crippen LogP contribution in [0, 0.1) is 6.92 Å². The number of urea groups is 1. The van der Waals surface area contributed by atoms with Crippen LogP contribution in [-0.2, 0) is 10.3 Å². The van der Waals surface area contributed by atoms with Gasteiger partial charge in [-0.15, -0.1) is 0 Å². The van der Waals surface area contributed by atoms with E-state index in [1.165, 1.54) is 0 Å². The van der Waals surface area contributed by atoms with Gasteiger partial charge in [-0.3, -0.25) is 4.68 Å². The van der Waals surface area contributed by atoms with Crippen LogP contribution in [0.5, 0.6) is 0 Å². The van der Waals surface area contributed by atoms with Gasteiger partial charge in [0, 0.05) is 18.9 Å². The molecule has 2 N–H and O–H groups in total. The average molecular weight is 310 g/mol. The normalized spacial score (nSPS) is 13.8. The van der Waals surface area contributed by atoms with Crippen LogP contribution >= 0.6 is 0 Å². The Bertz CT molecular complexity index is 515. The Hall–Kier alpha value is -1.56. The molecule has 6 nitrogen and oxygen atoms in total. The SMILES string of the molecule is COCC(C)(C)NC(=O)N[C@H](C)c1cn(C(C)(C)C)nc1C. The molecule has 0 bridgehead atoms. The van der Waals surface area contributed by atoms with Gasteiger partial charge in [-0.1, -0.05) is 0 Å². The van der Waals surface area contributed by atoms with E-state index in [1.54, 1.807) is 7.11 Å². The van der Waals surface area contributed by atoms with E-state index in [9.17, 15) is 4.79 Å². The predicted molar refractivity (Wildman–Crippen MR) is 88.0 cm³/mol. The molecule has 0 spiro atoms. The van der Waals surface area contributed by atoms with Gasteiger partial charge in [-0.2, -0.15) is 5.10 Å². The quantitative estimate of drug-likeness (QED) is 0.878. The van der Waals surface area contributed by atoms with Crippen molar-refractivity contribution in [1.82, 2.24) is 20.4 Å². The maximum atomic E-state index is 12.1. The first-order chi connectivity index (χ1) is 9.96. The third kappa shape index (κ3) is 5.02. The molecule has 6 heteroatoms. The van der Waals surface area contributed by atoms with E-state index < -0.39 is 5.54 Å². The molecule has 2 amide bonds. The van der Waals surface area contributed by atoms with Crippen LogP contribution in [0.15, 0.2) is 6.20 Å². The third-order valence-electron chi connectivity index (χ3n) is 3.40. The number of ether oxygens (including phenoxy) is 1. The number of methoxy groups -OCH3 is 1. The molecule has 0 aromatic carbocycles. The van der Waals surface area contributed by atoms with Crippen LogP contribution in [0.2, 0.25) is 0 Å². The molecular weight excluding hydrogens is 280 g/mol. The molecule has 22 heavy (non-hydrogen) atoms. The second kappa shape index (κ2) is 6.69. The first kappa shape index (κ1) is 18.5. The second-order valence-corrected chi connectivity index (χ2v) is 7.42. The number of carbonyl (C=O) groups is 1. The fourth-order valence-electron chi connectivity index (χ4n) is 2.26. The first-order valence-corrected chi connectivity index (χ1v) is 7.60. The molecule has 0 unspecified atom stereocenters. The van der Waals surface area contributed by atoms with Crippen LogP contribution in [0.1, 0.15) is 58.8 Å². The highest BCUT2D eigenvalue weighted by atomic mass is 16.5. The summed E-state index contributed by atoms with van der Waals surface area (Å²) in [6.45, 7) is 14.5. The predicted octanol–water partition coefficient (Wildman–Crippen LogP) is 2.73. The van der Waals surface area contributed by atoms with Crippen molar-refractivity contribution in [3.63, 3.8) is 0 Å². The number of hydrogen-bond donors (Lipinski definition) is 2. The molecule has 126 valence electrons. The van der Waals surface area contributed by atoms with Crippen molar-refractivity contribution in [3.8, 4) is 0 Å². The van der Waals surface area contributed by atoms with Gasteiger partial charge in [0.25, 0.3) is 0 Å². The lowest BCUT2D eigenvalue weighted by atomic mass is 10.1. The van der Waals surface area contributed by atoms with Crippen molar-refractivity contribution < 1.29 is 9.53 Å². The zero-order chi connectivity index (χ0) is 17.1. The zero-order valence-corrected chi connectivity index (χ0v) is 15.1. The molecule has 1 heterocycles. The van der Waals surface area contributed by atoms with Crippen molar-refractivity contribution >= 4 is 6.03 Å². The molecule has 0 aliphatic heterocycles. The van der Waals surface area contributed by atoms with E-state index in [1.807, 2.05) is 38.6 Å². The summed E-state index contributed by atoms with van der Waals surface area (Å²) in [5, 5.41) is 10.4. The second-order valence-electron chi connectivity index (χ2n) is 7.42. The topological polar surface area (TPSA) is 68.2 Å². The Morgan fingerprint density at radius 1 is 1.36 bits per heavy atom. The lowest BCUT2D eigenvalue weighted by molar-refractivity contribution is 0.130. The molecule has 0 fully saturated rings. The first-order valence-electron chi connectivity index (χ1n) is 7.60. The molecule has 0 saturated heterocycles. The molecular formula is C16H30N4O2. The number of hydrogen-bond acceptors (Lipinski definition) is 3. The minimum atomic E-state index is -0.414. The number of aromatic nitrogens is 2. The summed E-state index contributed by atoms with van der Waals surface area (Å²) in [5.41, 5.74) is 1.46. The summed E-state index contributed by atoms with van der Waals surface area (Å²) in [6.07, 6.45) is 2.00. The molecule has 1 atom stereocenters. The van der Waals surface area contributed by atoms with E-state index in [0.717, 1.165) is 11.3 Å². The molecule has 0 aliphatic carbocycles. The van der Waals surface area contributed by atoms with Crippen LogP contribution in [-0.4, -0.2) is 35.1 Å². The Morgan fingerprint density at radius 2 is 1.95 bits per heavy atom.